The summed E-state index contributed by atoms with van der Waals surface area (Å²) in [5.74, 6) is 0.779. The molecule has 2 fully saturated rings. The van der Waals surface area contributed by atoms with Crippen molar-refractivity contribution in [2.24, 2.45) is 0 Å². The second-order valence-electron chi connectivity index (χ2n) is 9.53. The number of aliphatic hydroxyl groups excluding tert-OH is 3. The molecule has 2 aromatic rings. The van der Waals surface area contributed by atoms with Crippen LogP contribution in [0.2, 0.25) is 5.02 Å². The fourth-order valence-corrected chi connectivity index (χ4v) is 4.82. The Bertz CT molecular complexity index is 1060. The third-order valence-electron chi connectivity index (χ3n) is 6.84. The van der Waals surface area contributed by atoms with Crippen molar-refractivity contribution in [3.63, 3.8) is 0 Å². The van der Waals surface area contributed by atoms with E-state index in [0.717, 1.165) is 30.0 Å². The zero-order chi connectivity index (χ0) is 27.8. The highest BCUT2D eigenvalue weighted by Crippen LogP contribution is 2.34. The van der Waals surface area contributed by atoms with E-state index < -0.39 is 36.7 Å². The highest BCUT2D eigenvalue weighted by molar-refractivity contribution is 6.31. The second kappa shape index (κ2) is 14.3. The van der Waals surface area contributed by atoms with Crippen molar-refractivity contribution in [1.29, 1.82) is 0 Å². The van der Waals surface area contributed by atoms with Gasteiger partial charge in [-0.2, -0.15) is 0 Å². The normalized spacial score (nSPS) is 25.7. The molecule has 0 saturated carbocycles. The van der Waals surface area contributed by atoms with E-state index in [1.807, 2.05) is 31.2 Å². The first-order valence-corrected chi connectivity index (χ1v) is 13.5. The van der Waals surface area contributed by atoms with Crippen LogP contribution in [0, 0.1) is 0 Å². The number of ether oxygens (including phenoxy) is 5. The minimum Gasteiger partial charge on any atom is -0.494 e. The molecule has 2 aromatic carbocycles. The van der Waals surface area contributed by atoms with Crippen molar-refractivity contribution >= 4 is 17.8 Å². The maximum atomic E-state index is 12.1. The molecule has 4 rings (SSSR count). The van der Waals surface area contributed by atoms with Crippen molar-refractivity contribution in [2.45, 2.75) is 43.9 Å². The van der Waals surface area contributed by atoms with Gasteiger partial charge in [-0.05, 0) is 48.2 Å². The van der Waals surface area contributed by atoms with Crippen LogP contribution in [0.5, 0.6) is 5.75 Å². The molecular formula is C28H36ClNO9. The Morgan fingerprint density at radius 1 is 1.03 bits per heavy atom. The number of benzene rings is 2. The standard InChI is InChI=1S/C28H36ClNO9/c1-2-36-21-6-3-18(4-7-21)15-20-16-19(5-8-22(20)29)27-26(33)25(32)24(31)23(39-27)17-38-28(34)37-14-11-30-9-12-35-13-10-30/h3-8,16,23-27,31-33H,2,9-15,17H2,1H3/t23-,24-,25+,26-,27+/m1/s1. The van der Waals surface area contributed by atoms with Crippen LogP contribution < -0.4 is 4.74 Å². The Morgan fingerprint density at radius 2 is 1.77 bits per heavy atom. The van der Waals surface area contributed by atoms with Crippen LogP contribution in [0.4, 0.5) is 4.79 Å². The van der Waals surface area contributed by atoms with E-state index in [1.165, 1.54) is 0 Å². The van der Waals surface area contributed by atoms with Gasteiger partial charge in [-0.25, -0.2) is 4.79 Å². The third kappa shape index (κ3) is 8.04. The second-order valence-corrected chi connectivity index (χ2v) is 9.94. The average molecular weight is 566 g/mol. The molecule has 0 aliphatic carbocycles. The van der Waals surface area contributed by atoms with Gasteiger partial charge in [0.25, 0.3) is 0 Å². The summed E-state index contributed by atoms with van der Waals surface area (Å²) in [6.45, 7) is 5.70. The van der Waals surface area contributed by atoms with Crippen molar-refractivity contribution in [1.82, 2.24) is 4.90 Å². The van der Waals surface area contributed by atoms with Gasteiger partial charge < -0.3 is 39.0 Å². The van der Waals surface area contributed by atoms with Gasteiger partial charge in [0.05, 0.1) is 19.8 Å². The number of rotatable bonds is 10. The van der Waals surface area contributed by atoms with Gasteiger partial charge in [0.2, 0.25) is 0 Å². The van der Waals surface area contributed by atoms with Crippen LogP contribution in [0.25, 0.3) is 0 Å². The lowest BCUT2D eigenvalue weighted by Gasteiger charge is -2.40. The Kier molecular flexibility index (Phi) is 10.8. The predicted octanol–water partition coefficient (Wildman–Crippen LogP) is 2.34. The molecule has 2 saturated heterocycles. The maximum absolute atomic E-state index is 12.1. The summed E-state index contributed by atoms with van der Waals surface area (Å²) in [4.78, 5) is 14.2. The molecule has 0 unspecified atom stereocenters. The zero-order valence-corrected chi connectivity index (χ0v) is 22.7. The highest BCUT2D eigenvalue weighted by atomic mass is 35.5. The highest BCUT2D eigenvalue weighted by Gasteiger charge is 2.44. The summed E-state index contributed by atoms with van der Waals surface area (Å²) >= 11 is 6.46. The molecule has 2 heterocycles. The summed E-state index contributed by atoms with van der Waals surface area (Å²) in [5.41, 5.74) is 2.37. The van der Waals surface area contributed by atoms with E-state index >= 15 is 0 Å². The van der Waals surface area contributed by atoms with Gasteiger partial charge in [-0.15, -0.1) is 0 Å². The van der Waals surface area contributed by atoms with E-state index in [0.29, 0.717) is 43.4 Å². The maximum Gasteiger partial charge on any atom is 0.508 e. The van der Waals surface area contributed by atoms with Gasteiger partial charge in [-0.1, -0.05) is 35.9 Å². The lowest BCUT2D eigenvalue weighted by atomic mass is 9.90. The number of carbonyl (C=O) groups excluding carboxylic acids is 1. The Morgan fingerprint density at radius 3 is 2.49 bits per heavy atom. The summed E-state index contributed by atoms with van der Waals surface area (Å²) in [7, 11) is 0. The van der Waals surface area contributed by atoms with Gasteiger partial charge in [0.1, 0.15) is 49.5 Å². The molecule has 10 nitrogen and oxygen atoms in total. The quantitative estimate of drug-likeness (QED) is 0.369. The number of carbonyl (C=O) groups is 1. The molecule has 0 bridgehead atoms. The lowest BCUT2D eigenvalue weighted by molar-refractivity contribution is -0.232. The fourth-order valence-electron chi connectivity index (χ4n) is 4.64. The first kappa shape index (κ1) is 29.5. The number of hydrogen-bond acceptors (Lipinski definition) is 10. The van der Waals surface area contributed by atoms with Crippen molar-refractivity contribution < 1.29 is 43.8 Å². The van der Waals surface area contributed by atoms with Crippen molar-refractivity contribution in [2.75, 3.05) is 52.7 Å². The molecule has 39 heavy (non-hydrogen) atoms. The van der Waals surface area contributed by atoms with Gasteiger partial charge in [0.15, 0.2) is 0 Å². The molecule has 11 heteroatoms. The summed E-state index contributed by atoms with van der Waals surface area (Å²) in [6, 6.07) is 12.9. The fraction of sp³-hybridized carbons (Fsp3) is 0.536. The minimum atomic E-state index is -1.51. The number of hydrogen-bond donors (Lipinski definition) is 3. The Balaban J connectivity index is 1.36. The molecule has 0 aromatic heterocycles. The monoisotopic (exact) mass is 565 g/mol. The van der Waals surface area contributed by atoms with E-state index in [2.05, 4.69) is 4.90 Å². The molecule has 5 atom stereocenters. The van der Waals surface area contributed by atoms with E-state index in [9.17, 15) is 20.1 Å². The SMILES string of the molecule is CCOc1ccc(Cc2cc([C@@H]3O[C@H](COC(=O)OCCN4CCOCC4)[C@@H](O)[C@H](O)[C@H]3O)ccc2Cl)cc1. The van der Waals surface area contributed by atoms with Crippen LogP contribution >= 0.6 is 11.6 Å². The van der Waals surface area contributed by atoms with Crippen LogP contribution in [-0.2, 0) is 25.4 Å². The zero-order valence-electron chi connectivity index (χ0n) is 21.9. The molecule has 2 aliphatic rings. The number of morpholine rings is 1. The first-order valence-electron chi connectivity index (χ1n) is 13.1. The summed E-state index contributed by atoms with van der Waals surface area (Å²) < 4.78 is 27.0. The Labute approximate surface area is 232 Å². The number of nitrogens with zero attached hydrogens (tertiary/aromatic N) is 1. The van der Waals surface area contributed by atoms with Crippen LogP contribution in [-0.4, -0.2) is 103 Å². The molecule has 0 radical (unpaired) electrons. The van der Waals surface area contributed by atoms with Crippen LogP contribution in [0.3, 0.4) is 0 Å². The molecule has 2 aliphatic heterocycles. The van der Waals surface area contributed by atoms with Crippen molar-refractivity contribution in [3.8, 4) is 5.75 Å². The summed E-state index contributed by atoms with van der Waals surface area (Å²) in [6.07, 6.45) is -6.82. The largest absolute Gasteiger partial charge is 0.508 e. The smallest absolute Gasteiger partial charge is 0.494 e. The average Bonchev–Trinajstić information content (AvgIpc) is 2.94. The Hall–Kier alpha value is -2.44. The third-order valence-corrected chi connectivity index (χ3v) is 7.20. The predicted molar refractivity (Wildman–Crippen MR) is 142 cm³/mol. The molecule has 214 valence electrons. The molecule has 3 N–H and O–H groups in total. The summed E-state index contributed by atoms with van der Waals surface area (Å²) in [5, 5.41) is 32.2. The molecule has 0 spiro atoms. The number of aliphatic hydroxyl groups is 3. The van der Waals surface area contributed by atoms with Crippen LogP contribution in [0.1, 0.15) is 29.7 Å². The van der Waals surface area contributed by atoms with E-state index in [4.69, 9.17) is 35.3 Å². The molecular weight excluding hydrogens is 530 g/mol. The number of halogens is 1. The van der Waals surface area contributed by atoms with Gasteiger partial charge in [0, 0.05) is 24.7 Å². The van der Waals surface area contributed by atoms with Crippen molar-refractivity contribution in [3.05, 3.63) is 64.2 Å². The van der Waals surface area contributed by atoms with Crippen LogP contribution in [0.15, 0.2) is 42.5 Å². The van der Waals surface area contributed by atoms with E-state index in [-0.39, 0.29) is 13.2 Å². The molecule has 0 amide bonds. The minimum absolute atomic E-state index is 0.152. The van der Waals surface area contributed by atoms with E-state index in [1.54, 1.807) is 18.2 Å². The lowest BCUT2D eigenvalue weighted by Crippen LogP contribution is -2.55. The van der Waals surface area contributed by atoms with Gasteiger partial charge in [-0.3, -0.25) is 4.90 Å². The van der Waals surface area contributed by atoms with Gasteiger partial charge >= 0.3 is 6.16 Å². The topological polar surface area (TPSA) is 127 Å². The first-order chi connectivity index (χ1) is 18.9.